The van der Waals surface area contributed by atoms with Gasteiger partial charge in [0.05, 0.1) is 13.2 Å². The van der Waals surface area contributed by atoms with Crippen molar-refractivity contribution in [1.82, 2.24) is 9.88 Å². The van der Waals surface area contributed by atoms with Gasteiger partial charge in [-0.1, -0.05) is 17.7 Å². The standard InChI is InChI=1S/C22H28N2O2/c1-14-6-10-21(26-5)20(12-14)16(3)23-22(25)11-7-18-13-15(2)24(17(18)4)19-8-9-19/h6-7,10-13,16,19H,8-9H2,1-5H3,(H,23,25)/b11-7+/t16-/m0/s1. The minimum atomic E-state index is -0.124. The van der Waals surface area contributed by atoms with Crippen molar-refractivity contribution >= 4 is 12.0 Å². The molecule has 3 rings (SSSR count). The number of methoxy groups -OCH3 is 1. The second kappa shape index (κ2) is 7.40. The summed E-state index contributed by atoms with van der Waals surface area (Å²) >= 11 is 0. The Balaban J connectivity index is 1.70. The van der Waals surface area contributed by atoms with Crippen LogP contribution in [0.3, 0.4) is 0 Å². The maximum absolute atomic E-state index is 12.4. The molecule has 1 amide bonds. The first kappa shape index (κ1) is 18.3. The van der Waals surface area contributed by atoms with Gasteiger partial charge in [-0.3, -0.25) is 4.79 Å². The highest BCUT2D eigenvalue weighted by Gasteiger charge is 2.26. The van der Waals surface area contributed by atoms with Gasteiger partial charge in [-0.15, -0.1) is 0 Å². The topological polar surface area (TPSA) is 43.3 Å². The molecule has 0 radical (unpaired) electrons. The molecule has 26 heavy (non-hydrogen) atoms. The van der Waals surface area contributed by atoms with Crippen LogP contribution in [0.5, 0.6) is 5.75 Å². The zero-order valence-corrected chi connectivity index (χ0v) is 16.3. The monoisotopic (exact) mass is 352 g/mol. The Hall–Kier alpha value is -2.49. The molecular formula is C22H28N2O2. The van der Waals surface area contributed by atoms with Crippen molar-refractivity contribution in [3.63, 3.8) is 0 Å². The highest BCUT2D eigenvalue weighted by molar-refractivity contribution is 5.92. The maximum atomic E-state index is 12.4. The Kier molecular flexibility index (Phi) is 5.21. The first-order chi connectivity index (χ1) is 12.4. The predicted octanol–water partition coefficient (Wildman–Crippen LogP) is 4.65. The van der Waals surface area contributed by atoms with E-state index in [1.807, 2.05) is 32.1 Å². The number of aryl methyl sites for hydroxylation is 2. The molecule has 2 aromatic rings. The van der Waals surface area contributed by atoms with Gasteiger partial charge < -0.3 is 14.6 Å². The van der Waals surface area contributed by atoms with E-state index in [9.17, 15) is 4.79 Å². The molecule has 0 bridgehead atoms. The van der Waals surface area contributed by atoms with Crippen LogP contribution < -0.4 is 10.1 Å². The molecule has 1 fully saturated rings. The van der Waals surface area contributed by atoms with Crippen LogP contribution in [-0.2, 0) is 4.79 Å². The fourth-order valence-corrected chi connectivity index (χ4v) is 3.56. The molecule has 4 nitrogen and oxygen atoms in total. The summed E-state index contributed by atoms with van der Waals surface area (Å²) in [6.45, 7) is 8.27. The van der Waals surface area contributed by atoms with E-state index in [-0.39, 0.29) is 11.9 Å². The fraction of sp³-hybridized carbons (Fsp3) is 0.409. The van der Waals surface area contributed by atoms with E-state index in [4.69, 9.17) is 4.74 Å². The third-order valence-corrected chi connectivity index (χ3v) is 5.06. The van der Waals surface area contributed by atoms with E-state index >= 15 is 0 Å². The van der Waals surface area contributed by atoms with Crippen LogP contribution in [0.15, 0.2) is 30.3 Å². The van der Waals surface area contributed by atoms with E-state index in [0.29, 0.717) is 6.04 Å². The number of aromatic nitrogens is 1. The van der Waals surface area contributed by atoms with Crippen molar-refractivity contribution in [3.05, 3.63) is 58.4 Å². The summed E-state index contributed by atoms with van der Waals surface area (Å²) in [6, 6.07) is 8.68. The molecule has 138 valence electrons. The van der Waals surface area contributed by atoms with Gasteiger partial charge in [-0.25, -0.2) is 0 Å². The van der Waals surface area contributed by atoms with Crippen molar-refractivity contribution in [2.75, 3.05) is 7.11 Å². The van der Waals surface area contributed by atoms with Gasteiger partial charge in [0.15, 0.2) is 0 Å². The second-order valence-corrected chi connectivity index (χ2v) is 7.24. The maximum Gasteiger partial charge on any atom is 0.244 e. The lowest BCUT2D eigenvalue weighted by Gasteiger charge is -2.17. The quantitative estimate of drug-likeness (QED) is 0.769. The number of benzene rings is 1. The Morgan fingerprint density at radius 1 is 1.27 bits per heavy atom. The zero-order valence-electron chi connectivity index (χ0n) is 16.3. The number of nitrogens with zero attached hydrogens (tertiary/aromatic N) is 1. The van der Waals surface area contributed by atoms with Crippen molar-refractivity contribution < 1.29 is 9.53 Å². The largest absolute Gasteiger partial charge is 0.496 e. The summed E-state index contributed by atoms with van der Waals surface area (Å²) in [4.78, 5) is 12.4. The minimum Gasteiger partial charge on any atom is -0.496 e. The van der Waals surface area contributed by atoms with Crippen LogP contribution in [0.1, 0.15) is 59.9 Å². The Labute approximate surface area is 155 Å². The molecule has 1 aromatic heterocycles. The lowest BCUT2D eigenvalue weighted by molar-refractivity contribution is -0.117. The van der Waals surface area contributed by atoms with Crippen molar-refractivity contribution in [2.45, 2.75) is 52.6 Å². The smallest absolute Gasteiger partial charge is 0.244 e. The van der Waals surface area contributed by atoms with Gasteiger partial charge in [0.2, 0.25) is 5.91 Å². The van der Waals surface area contributed by atoms with Gasteiger partial charge in [0.1, 0.15) is 5.75 Å². The van der Waals surface area contributed by atoms with Crippen LogP contribution in [0.4, 0.5) is 0 Å². The van der Waals surface area contributed by atoms with E-state index < -0.39 is 0 Å². The van der Waals surface area contributed by atoms with Gasteiger partial charge >= 0.3 is 0 Å². The SMILES string of the molecule is COc1ccc(C)cc1[C@H](C)NC(=O)/C=C/c1cc(C)n(C2CC2)c1C. The molecule has 1 N–H and O–H groups in total. The fourth-order valence-electron chi connectivity index (χ4n) is 3.56. The van der Waals surface area contributed by atoms with Gasteiger partial charge in [-0.05, 0) is 64.3 Å². The zero-order chi connectivity index (χ0) is 18.8. The summed E-state index contributed by atoms with van der Waals surface area (Å²) in [7, 11) is 1.65. The number of carbonyl (C=O) groups excluding carboxylic acids is 1. The Morgan fingerprint density at radius 2 is 2.00 bits per heavy atom. The van der Waals surface area contributed by atoms with Crippen LogP contribution in [0.2, 0.25) is 0 Å². The molecule has 0 aliphatic heterocycles. The van der Waals surface area contributed by atoms with Crippen LogP contribution in [-0.4, -0.2) is 17.6 Å². The third kappa shape index (κ3) is 3.85. The second-order valence-electron chi connectivity index (χ2n) is 7.24. The molecule has 0 spiro atoms. The molecule has 0 saturated heterocycles. The molecule has 1 aliphatic rings. The van der Waals surface area contributed by atoms with E-state index in [2.05, 4.69) is 35.9 Å². The number of hydrogen-bond donors (Lipinski definition) is 1. The Bertz CT molecular complexity index is 844. The Morgan fingerprint density at radius 3 is 2.65 bits per heavy atom. The highest BCUT2D eigenvalue weighted by atomic mass is 16.5. The summed E-state index contributed by atoms with van der Waals surface area (Å²) in [5.74, 6) is 0.692. The molecule has 1 heterocycles. The average Bonchev–Trinajstić information content (AvgIpc) is 3.39. The molecule has 1 aromatic carbocycles. The van der Waals surface area contributed by atoms with Crippen LogP contribution in [0, 0.1) is 20.8 Å². The summed E-state index contributed by atoms with van der Waals surface area (Å²) < 4.78 is 7.81. The normalized spacial score (nSPS) is 15.3. The lowest BCUT2D eigenvalue weighted by Crippen LogP contribution is -2.25. The number of carbonyl (C=O) groups is 1. The third-order valence-electron chi connectivity index (χ3n) is 5.06. The predicted molar refractivity (Wildman–Crippen MR) is 105 cm³/mol. The number of nitrogens with one attached hydrogen (secondary N) is 1. The molecule has 0 unspecified atom stereocenters. The van der Waals surface area contributed by atoms with Crippen LogP contribution in [0.25, 0.3) is 6.08 Å². The average molecular weight is 352 g/mol. The number of rotatable bonds is 6. The summed E-state index contributed by atoms with van der Waals surface area (Å²) in [5, 5.41) is 3.03. The lowest BCUT2D eigenvalue weighted by atomic mass is 10.0. The van der Waals surface area contributed by atoms with Crippen molar-refractivity contribution in [2.24, 2.45) is 0 Å². The minimum absolute atomic E-state index is 0.0997. The number of ether oxygens (including phenoxy) is 1. The molecule has 1 aliphatic carbocycles. The number of hydrogen-bond acceptors (Lipinski definition) is 2. The van der Waals surface area contributed by atoms with Gasteiger partial charge in [-0.2, -0.15) is 0 Å². The van der Waals surface area contributed by atoms with Crippen molar-refractivity contribution in [3.8, 4) is 5.75 Å². The molecular weight excluding hydrogens is 324 g/mol. The van der Waals surface area contributed by atoms with Crippen molar-refractivity contribution in [1.29, 1.82) is 0 Å². The van der Waals surface area contributed by atoms with E-state index in [0.717, 1.165) is 22.4 Å². The van der Waals surface area contributed by atoms with Gasteiger partial charge in [0.25, 0.3) is 0 Å². The first-order valence-corrected chi connectivity index (χ1v) is 9.22. The molecule has 1 atom stereocenters. The molecule has 4 heteroatoms. The van der Waals surface area contributed by atoms with Crippen LogP contribution >= 0.6 is 0 Å². The highest BCUT2D eigenvalue weighted by Crippen LogP contribution is 2.38. The summed E-state index contributed by atoms with van der Waals surface area (Å²) in [5.41, 5.74) is 5.75. The first-order valence-electron chi connectivity index (χ1n) is 9.22. The number of amides is 1. The van der Waals surface area contributed by atoms with E-state index in [1.54, 1.807) is 13.2 Å². The summed E-state index contributed by atoms with van der Waals surface area (Å²) in [6.07, 6.45) is 6.06. The van der Waals surface area contributed by atoms with E-state index in [1.165, 1.54) is 24.2 Å². The molecule has 1 saturated carbocycles. The van der Waals surface area contributed by atoms with Gasteiger partial charge in [0, 0.05) is 29.1 Å².